The van der Waals surface area contributed by atoms with Crippen molar-refractivity contribution >= 4 is 56.9 Å². The van der Waals surface area contributed by atoms with Gasteiger partial charge in [0.2, 0.25) is 0 Å². The average molecular weight is 487 g/mol. The average Bonchev–Trinajstić information content (AvgIpc) is 2.88. The second-order valence-corrected chi connectivity index (χ2v) is 16.9. The van der Waals surface area contributed by atoms with Crippen LogP contribution in [-0.2, 0) is 23.6 Å². The Labute approximate surface area is 201 Å². The Morgan fingerprint density at radius 1 is 0.406 bits per heavy atom. The maximum atomic E-state index is 6.32. The zero-order valence-electron chi connectivity index (χ0n) is 17.7. The molecule has 0 spiro atoms. The van der Waals surface area contributed by atoms with Crippen molar-refractivity contribution in [2.75, 3.05) is 12.3 Å². The van der Waals surface area contributed by atoms with Gasteiger partial charge >= 0.3 is 0 Å². The molecule has 0 saturated carbocycles. The number of benzene rings is 4. The van der Waals surface area contributed by atoms with Crippen LogP contribution in [-0.4, -0.2) is 12.3 Å². The zero-order valence-corrected chi connectivity index (χ0v) is 21.1. The van der Waals surface area contributed by atoms with E-state index in [2.05, 4.69) is 109 Å². The molecule has 0 aliphatic heterocycles. The normalized spacial score (nSPS) is 11.4. The van der Waals surface area contributed by atoms with Crippen molar-refractivity contribution in [2.45, 2.75) is 0 Å². The molecule has 4 rings (SSSR count). The molecule has 0 bridgehead atoms. The van der Waals surface area contributed by atoms with Gasteiger partial charge in [0.1, 0.15) is 0 Å². The summed E-state index contributed by atoms with van der Waals surface area (Å²) in [5.74, 6) is 6.95. The molecule has 32 heavy (non-hydrogen) atoms. The minimum Gasteiger partial charge on any atom is -0.0967 e. The van der Waals surface area contributed by atoms with Crippen molar-refractivity contribution in [2.24, 2.45) is 0 Å². The molecule has 0 aromatic heterocycles. The Bertz CT molecular complexity index is 1120. The summed E-state index contributed by atoms with van der Waals surface area (Å²) in [6.45, 7) is 0. The Balaban J connectivity index is 1.67. The van der Waals surface area contributed by atoms with Gasteiger partial charge in [-0.05, 0) is 21.2 Å². The molecular formula is C28H24P2S2. The molecule has 0 amide bonds. The van der Waals surface area contributed by atoms with Gasteiger partial charge < -0.3 is 0 Å². The van der Waals surface area contributed by atoms with E-state index < -0.39 is 12.1 Å². The van der Waals surface area contributed by atoms with E-state index in [1.165, 1.54) is 21.2 Å². The molecule has 0 atom stereocenters. The molecule has 0 N–H and O–H groups in total. The minimum absolute atomic E-state index is 0.676. The molecular weight excluding hydrogens is 462 g/mol. The predicted octanol–water partition coefficient (Wildman–Crippen LogP) is 5.25. The zero-order chi connectivity index (χ0) is 22.3. The van der Waals surface area contributed by atoms with Crippen molar-refractivity contribution in [3.05, 3.63) is 121 Å². The maximum absolute atomic E-state index is 6.32. The van der Waals surface area contributed by atoms with Crippen LogP contribution in [0.3, 0.4) is 0 Å². The van der Waals surface area contributed by atoms with Crippen LogP contribution < -0.4 is 21.2 Å². The fourth-order valence-electron chi connectivity index (χ4n) is 3.67. The van der Waals surface area contributed by atoms with Crippen LogP contribution in [0.5, 0.6) is 0 Å². The van der Waals surface area contributed by atoms with Crippen LogP contribution in [0.1, 0.15) is 0 Å². The summed E-state index contributed by atoms with van der Waals surface area (Å²) in [4.78, 5) is 0. The molecule has 158 valence electrons. The van der Waals surface area contributed by atoms with Gasteiger partial charge in [-0.2, -0.15) is 0 Å². The Kier molecular flexibility index (Phi) is 7.57. The first kappa shape index (κ1) is 22.9. The van der Waals surface area contributed by atoms with E-state index in [1.807, 2.05) is 24.3 Å². The minimum atomic E-state index is -2.01. The fourth-order valence-corrected chi connectivity index (χ4v) is 10.1. The van der Waals surface area contributed by atoms with E-state index in [0.29, 0.717) is 12.3 Å². The third kappa shape index (κ3) is 5.04. The van der Waals surface area contributed by atoms with Crippen LogP contribution in [0.2, 0.25) is 0 Å². The first-order chi connectivity index (χ1) is 15.6. The largest absolute Gasteiger partial charge is 0.0967 e. The van der Waals surface area contributed by atoms with Gasteiger partial charge in [-0.25, -0.2) is 0 Å². The van der Waals surface area contributed by atoms with Crippen molar-refractivity contribution in [3.8, 4) is 11.8 Å². The van der Waals surface area contributed by atoms with Gasteiger partial charge in [0.25, 0.3) is 0 Å². The Hall–Kier alpha value is -2.26. The van der Waals surface area contributed by atoms with Crippen LogP contribution in [0.15, 0.2) is 121 Å². The summed E-state index contributed by atoms with van der Waals surface area (Å²) in [5.41, 5.74) is 0. The van der Waals surface area contributed by atoms with Gasteiger partial charge in [0.15, 0.2) is 0 Å². The van der Waals surface area contributed by atoms with Crippen molar-refractivity contribution < 1.29 is 0 Å². The third-order valence-corrected chi connectivity index (χ3v) is 14.5. The van der Waals surface area contributed by atoms with E-state index in [0.717, 1.165) is 0 Å². The standard InChI is InChI=1S/C28H24P2S2/c31-29(25-15-5-1-6-16-25,26-17-7-2-8-18-26)23-13-14-24-30(32,27-19-9-3-10-20-27)28-21-11-4-12-22-28/h1-12,15-22H,23-24H2. The number of rotatable bonds is 6. The number of hydrogen-bond acceptors (Lipinski definition) is 2. The van der Waals surface area contributed by atoms with Crippen molar-refractivity contribution in [3.63, 3.8) is 0 Å². The van der Waals surface area contributed by atoms with E-state index in [1.54, 1.807) is 0 Å². The lowest BCUT2D eigenvalue weighted by Gasteiger charge is -2.22. The SMILES string of the molecule is S=P(CC#CCP(=S)(c1ccccc1)c1ccccc1)(c1ccccc1)c1ccccc1. The molecule has 0 radical (unpaired) electrons. The molecule has 0 saturated heterocycles. The third-order valence-electron chi connectivity index (χ3n) is 5.42. The van der Waals surface area contributed by atoms with Crippen LogP contribution in [0.4, 0.5) is 0 Å². The molecule has 4 heteroatoms. The van der Waals surface area contributed by atoms with E-state index in [9.17, 15) is 0 Å². The summed E-state index contributed by atoms with van der Waals surface area (Å²) in [6, 6.07) is 37.8. The highest BCUT2D eigenvalue weighted by molar-refractivity contribution is 8.22. The second kappa shape index (κ2) is 10.6. The lowest BCUT2D eigenvalue weighted by atomic mass is 10.4. The van der Waals surface area contributed by atoms with Gasteiger partial charge in [-0.3, -0.25) is 0 Å². The fraction of sp³-hybridized carbons (Fsp3) is 0.0714. The lowest BCUT2D eigenvalue weighted by molar-refractivity contribution is 1.71. The van der Waals surface area contributed by atoms with Gasteiger partial charge in [0.05, 0.1) is 0 Å². The molecule has 0 heterocycles. The summed E-state index contributed by atoms with van der Waals surface area (Å²) in [7, 11) is 0. The van der Waals surface area contributed by atoms with Crippen LogP contribution in [0.25, 0.3) is 0 Å². The Morgan fingerprint density at radius 3 is 0.844 bits per heavy atom. The molecule has 0 unspecified atom stereocenters. The molecule has 0 nitrogen and oxygen atoms in total. The highest BCUT2D eigenvalue weighted by Crippen LogP contribution is 2.44. The monoisotopic (exact) mass is 486 g/mol. The van der Waals surface area contributed by atoms with Gasteiger partial charge in [-0.15, -0.1) is 0 Å². The van der Waals surface area contributed by atoms with Crippen molar-refractivity contribution in [1.29, 1.82) is 0 Å². The summed E-state index contributed by atoms with van der Waals surface area (Å²) < 4.78 is 0. The number of hydrogen-bond donors (Lipinski definition) is 0. The highest BCUT2D eigenvalue weighted by atomic mass is 32.4. The topological polar surface area (TPSA) is 0 Å². The molecule has 4 aromatic rings. The first-order valence-corrected chi connectivity index (χ1v) is 16.5. The van der Waals surface area contributed by atoms with Gasteiger partial charge in [0, 0.05) is 24.4 Å². The predicted molar refractivity (Wildman–Crippen MR) is 150 cm³/mol. The van der Waals surface area contributed by atoms with Gasteiger partial charge in [-0.1, -0.05) is 157 Å². The molecule has 0 fully saturated rings. The van der Waals surface area contributed by atoms with Crippen LogP contribution >= 0.6 is 12.1 Å². The first-order valence-electron chi connectivity index (χ1n) is 10.5. The van der Waals surface area contributed by atoms with Crippen LogP contribution in [0, 0.1) is 11.8 Å². The summed E-state index contributed by atoms with van der Waals surface area (Å²) in [5, 5.41) is 4.84. The molecule has 0 aliphatic carbocycles. The van der Waals surface area contributed by atoms with E-state index in [4.69, 9.17) is 23.6 Å². The van der Waals surface area contributed by atoms with Crippen molar-refractivity contribution in [1.82, 2.24) is 0 Å². The summed E-state index contributed by atoms with van der Waals surface area (Å²) in [6.07, 6.45) is 1.35. The van der Waals surface area contributed by atoms with E-state index in [-0.39, 0.29) is 0 Å². The van der Waals surface area contributed by atoms with E-state index >= 15 is 0 Å². The molecule has 4 aromatic carbocycles. The highest BCUT2D eigenvalue weighted by Gasteiger charge is 2.22. The smallest absolute Gasteiger partial charge is 0.0458 e. The summed E-state index contributed by atoms with van der Waals surface area (Å²) >= 11 is 12.6. The Morgan fingerprint density at radius 2 is 0.625 bits per heavy atom. The quantitative estimate of drug-likeness (QED) is 0.270. The second-order valence-electron chi connectivity index (χ2n) is 7.49. The lowest BCUT2D eigenvalue weighted by Crippen LogP contribution is -2.18. The molecule has 0 aliphatic rings. The maximum Gasteiger partial charge on any atom is 0.0458 e.